The fourth-order valence-corrected chi connectivity index (χ4v) is 2.85. The summed E-state index contributed by atoms with van der Waals surface area (Å²) < 4.78 is 5.18. The Morgan fingerprint density at radius 2 is 2.05 bits per heavy atom. The number of hydrogen-bond donors (Lipinski definition) is 2. The van der Waals surface area contributed by atoms with E-state index in [1.165, 1.54) is 19.3 Å². The summed E-state index contributed by atoms with van der Waals surface area (Å²) in [4.78, 5) is 4.58. The quantitative estimate of drug-likeness (QED) is 0.650. The van der Waals surface area contributed by atoms with Crippen molar-refractivity contribution in [2.24, 2.45) is 10.7 Å². The summed E-state index contributed by atoms with van der Waals surface area (Å²) in [7, 11) is 0. The van der Waals surface area contributed by atoms with Crippen LogP contribution in [0.3, 0.4) is 0 Å². The van der Waals surface area contributed by atoms with Crippen LogP contribution in [-0.2, 0) is 0 Å². The number of guanidine groups is 1. The van der Waals surface area contributed by atoms with E-state index in [4.69, 9.17) is 10.3 Å². The minimum Gasteiger partial charge on any atom is -0.370 e. The Labute approximate surface area is 114 Å². The summed E-state index contributed by atoms with van der Waals surface area (Å²) in [5.41, 5.74) is 7.98. The first-order valence-electron chi connectivity index (χ1n) is 7.10. The lowest BCUT2D eigenvalue weighted by Crippen LogP contribution is -2.35. The number of aromatic nitrogens is 1. The van der Waals surface area contributed by atoms with Crippen LogP contribution in [0.2, 0.25) is 0 Å². The molecule has 1 atom stereocenters. The molecular formula is C14H24N4O. The molecule has 106 valence electrons. The Kier molecular flexibility index (Phi) is 4.45. The van der Waals surface area contributed by atoms with Gasteiger partial charge in [-0.15, -0.1) is 0 Å². The van der Waals surface area contributed by atoms with Crippen molar-refractivity contribution in [1.29, 1.82) is 0 Å². The van der Waals surface area contributed by atoms with Crippen molar-refractivity contribution < 1.29 is 4.52 Å². The maximum atomic E-state index is 6.00. The third-order valence-electron chi connectivity index (χ3n) is 3.78. The Morgan fingerprint density at radius 1 is 1.37 bits per heavy atom. The van der Waals surface area contributed by atoms with E-state index in [1.807, 2.05) is 13.8 Å². The van der Waals surface area contributed by atoms with Crippen LogP contribution >= 0.6 is 0 Å². The normalized spacial score (nSPS) is 19.4. The van der Waals surface area contributed by atoms with Crippen molar-refractivity contribution in [3.05, 3.63) is 17.0 Å². The summed E-state index contributed by atoms with van der Waals surface area (Å²) in [6, 6.07) is 0.455. The lowest BCUT2D eigenvalue weighted by molar-refractivity contribution is 0.391. The molecule has 0 amide bonds. The number of nitrogens with one attached hydrogen (secondary N) is 1. The zero-order chi connectivity index (χ0) is 13.8. The fraction of sp³-hybridized carbons (Fsp3) is 0.714. The van der Waals surface area contributed by atoms with Crippen LogP contribution in [0.1, 0.15) is 62.1 Å². The van der Waals surface area contributed by atoms with Crippen LogP contribution < -0.4 is 11.1 Å². The monoisotopic (exact) mass is 264 g/mol. The van der Waals surface area contributed by atoms with Gasteiger partial charge in [0.25, 0.3) is 0 Å². The molecule has 3 N–H and O–H groups in total. The van der Waals surface area contributed by atoms with E-state index in [1.54, 1.807) is 0 Å². The highest BCUT2D eigenvalue weighted by atomic mass is 16.5. The molecule has 1 aromatic heterocycles. The molecule has 19 heavy (non-hydrogen) atoms. The molecule has 1 fully saturated rings. The van der Waals surface area contributed by atoms with Gasteiger partial charge in [-0.1, -0.05) is 24.4 Å². The van der Waals surface area contributed by atoms with Crippen LogP contribution in [0.5, 0.6) is 0 Å². The van der Waals surface area contributed by atoms with Crippen LogP contribution in [-0.4, -0.2) is 17.2 Å². The van der Waals surface area contributed by atoms with Gasteiger partial charge in [0, 0.05) is 5.56 Å². The van der Waals surface area contributed by atoms with Crippen molar-refractivity contribution in [2.75, 3.05) is 0 Å². The second-order valence-electron chi connectivity index (χ2n) is 5.41. The molecule has 1 saturated carbocycles. The molecule has 1 aliphatic carbocycles. The zero-order valence-corrected chi connectivity index (χ0v) is 12.1. The maximum absolute atomic E-state index is 6.00. The van der Waals surface area contributed by atoms with Gasteiger partial charge in [0.15, 0.2) is 5.96 Å². The van der Waals surface area contributed by atoms with Gasteiger partial charge in [-0.2, -0.15) is 0 Å². The number of hydrogen-bond acceptors (Lipinski definition) is 3. The molecule has 1 unspecified atom stereocenters. The third-order valence-corrected chi connectivity index (χ3v) is 3.78. The topological polar surface area (TPSA) is 76.4 Å². The molecule has 0 saturated heterocycles. The zero-order valence-electron chi connectivity index (χ0n) is 12.1. The predicted molar refractivity (Wildman–Crippen MR) is 76.0 cm³/mol. The predicted octanol–water partition coefficient (Wildman–Crippen LogP) is 2.59. The molecule has 0 aromatic carbocycles. The molecular weight excluding hydrogens is 240 g/mol. The van der Waals surface area contributed by atoms with E-state index in [0.29, 0.717) is 12.0 Å². The minimum absolute atomic E-state index is 0.0681. The highest BCUT2D eigenvalue weighted by Crippen LogP contribution is 2.22. The fourth-order valence-electron chi connectivity index (χ4n) is 2.85. The molecule has 2 rings (SSSR count). The van der Waals surface area contributed by atoms with Crippen molar-refractivity contribution in [2.45, 2.75) is 65.0 Å². The Bertz CT molecular complexity index is 427. The van der Waals surface area contributed by atoms with Gasteiger partial charge in [-0.3, -0.25) is 4.99 Å². The number of aliphatic imine (C=N–C) groups is 1. The van der Waals surface area contributed by atoms with Gasteiger partial charge in [-0.25, -0.2) is 0 Å². The lowest BCUT2D eigenvalue weighted by atomic mass is 9.96. The van der Waals surface area contributed by atoms with Crippen molar-refractivity contribution in [3.63, 3.8) is 0 Å². The molecule has 5 nitrogen and oxygen atoms in total. The summed E-state index contributed by atoms with van der Waals surface area (Å²) in [6.07, 6.45) is 6.17. The molecule has 1 heterocycles. The molecule has 0 bridgehead atoms. The SMILES string of the molecule is Cc1noc(C)c1C(C)NC(N)=NC1CCCCC1. The van der Waals surface area contributed by atoms with Gasteiger partial charge < -0.3 is 15.6 Å². The highest BCUT2D eigenvalue weighted by Gasteiger charge is 2.18. The van der Waals surface area contributed by atoms with E-state index >= 15 is 0 Å². The van der Waals surface area contributed by atoms with E-state index in [2.05, 4.69) is 22.4 Å². The average molecular weight is 264 g/mol. The molecule has 5 heteroatoms. The smallest absolute Gasteiger partial charge is 0.189 e. The summed E-state index contributed by atoms with van der Waals surface area (Å²) in [6.45, 7) is 5.91. The number of rotatable bonds is 3. The van der Waals surface area contributed by atoms with Crippen LogP contribution in [0.15, 0.2) is 9.52 Å². The molecule has 0 aliphatic heterocycles. The van der Waals surface area contributed by atoms with Gasteiger partial charge in [0.1, 0.15) is 5.76 Å². The Balaban J connectivity index is 1.98. The first-order chi connectivity index (χ1) is 9.08. The first-order valence-corrected chi connectivity index (χ1v) is 7.10. The number of nitrogens with zero attached hydrogens (tertiary/aromatic N) is 2. The van der Waals surface area contributed by atoms with E-state index < -0.39 is 0 Å². The third kappa shape index (κ3) is 3.49. The number of nitrogens with two attached hydrogens (primary N) is 1. The molecule has 0 spiro atoms. The lowest BCUT2D eigenvalue weighted by Gasteiger charge is -2.20. The largest absolute Gasteiger partial charge is 0.370 e. The second kappa shape index (κ2) is 6.08. The Hall–Kier alpha value is -1.52. The highest BCUT2D eigenvalue weighted by molar-refractivity contribution is 5.78. The van der Waals surface area contributed by atoms with Crippen LogP contribution in [0.4, 0.5) is 0 Å². The van der Waals surface area contributed by atoms with Gasteiger partial charge in [0.05, 0.1) is 17.8 Å². The summed E-state index contributed by atoms with van der Waals surface area (Å²) >= 11 is 0. The van der Waals surface area contributed by atoms with E-state index in [0.717, 1.165) is 29.9 Å². The van der Waals surface area contributed by atoms with E-state index in [-0.39, 0.29) is 6.04 Å². The van der Waals surface area contributed by atoms with Crippen molar-refractivity contribution in [1.82, 2.24) is 10.5 Å². The van der Waals surface area contributed by atoms with Crippen molar-refractivity contribution >= 4 is 5.96 Å². The van der Waals surface area contributed by atoms with E-state index in [9.17, 15) is 0 Å². The summed E-state index contributed by atoms with van der Waals surface area (Å²) in [5, 5.41) is 7.20. The molecule has 1 aliphatic rings. The van der Waals surface area contributed by atoms with Gasteiger partial charge in [-0.05, 0) is 33.6 Å². The maximum Gasteiger partial charge on any atom is 0.189 e. The average Bonchev–Trinajstić information content (AvgIpc) is 2.70. The molecule has 1 aromatic rings. The van der Waals surface area contributed by atoms with Crippen molar-refractivity contribution in [3.8, 4) is 0 Å². The molecule has 0 radical (unpaired) electrons. The number of aryl methyl sites for hydroxylation is 2. The van der Waals surface area contributed by atoms with Gasteiger partial charge in [0.2, 0.25) is 0 Å². The standard InChI is InChI=1S/C14H24N4O/c1-9(13-10(2)18-19-11(13)3)16-14(15)17-12-7-5-4-6-8-12/h9,12H,4-8H2,1-3H3,(H3,15,16,17). The first kappa shape index (κ1) is 13.9. The Morgan fingerprint density at radius 3 is 2.63 bits per heavy atom. The van der Waals surface area contributed by atoms with Crippen LogP contribution in [0.25, 0.3) is 0 Å². The summed E-state index contributed by atoms with van der Waals surface area (Å²) in [5.74, 6) is 1.36. The second-order valence-corrected chi connectivity index (χ2v) is 5.41. The minimum atomic E-state index is 0.0681. The van der Waals surface area contributed by atoms with Gasteiger partial charge >= 0.3 is 0 Å². The van der Waals surface area contributed by atoms with Crippen LogP contribution in [0, 0.1) is 13.8 Å².